The number of hydrogen-bond donors (Lipinski definition) is 2. The maximum absolute atomic E-state index is 11.9. The van der Waals surface area contributed by atoms with Crippen molar-refractivity contribution in [1.29, 1.82) is 0 Å². The van der Waals surface area contributed by atoms with E-state index in [1.54, 1.807) is 25.6 Å². The summed E-state index contributed by atoms with van der Waals surface area (Å²) in [6, 6.07) is 14.5. The Morgan fingerprint density at radius 1 is 1.21 bits per heavy atom. The molecular weight excluding hydrogens is 404 g/mol. The molecule has 29 heavy (non-hydrogen) atoms. The first kappa shape index (κ1) is 19.5. The molecule has 0 bridgehead atoms. The van der Waals surface area contributed by atoms with Crippen LogP contribution in [0.5, 0.6) is 0 Å². The SMILES string of the molecule is CCOC(=O)c1sc(N/N=C(\C)c2ccc3c(c2)Nc2ccccc2S3)nc1C. The molecule has 0 amide bonds. The summed E-state index contributed by atoms with van der Waals surface area (Å²) in [4.78, 5) is 19.2. The number of aryl methyl sites for hydroxylation is 1. The van der Waals surface area contributed by atoms with Crippen LogP contribution in [0.15, 0.2) is 57.4 Å². The Morgan fingerprint density at radius 2 is 2.00 bits per heavy atom. The van der Waals surface area contributed by atoms with Gasteiger partial charge in [0.2, 0.25) is 5.13 Å². The zero-order valence-electron chi connectivity index (χ0n) is 16.3. The summed E-state index contributed by atoms with van der Waals surface area (Å²) in [6.07, 6.45) is 0. The molecule has 2 N–H and O–H groups in total. The average Bonchev–Trinajstić information content (AvgIpc) is 3.11. The molecule has 6 nitrogen and oxygen atoms in total. The average molecular weight is 425 g/mol. The number of anilines is 3. The number of hydrogen-bond acceptors (Lipinski definition) is 8. The third kappa shape index (κ3) is 4.13. The maximum atomic E-state index is 11.9. The molecule has 0 spiro atoms. The standard InChI is InChI=1S/C21H20N4O2S2/c1-4-27-20(26)19-13(3)22-21(29-19)25-24-12(2)14-9-10-18-16(11-14)23-15-7-5-6-8-17(15)28-18/h5-11,23H,4H2,1-3H3,(H,22,25)/b24-12+. The zero-order chi connectivity index (χ0) is 20.4. The molecule has 0 saturated heterocycles. The van der Waals surface area contributed by atoms with Crippen LogP contribution in [-0.4, -0.2) is 23.3 Å². The van der Waals surface area contributed by atoms with Gasteiger partial charge in [0.1, 0.15) is 4.88 Å². The third-order valence-corrected chi connectivity index (χ3v) is 6.54. The summed E-state index contributed by atoms with van der Waals surface area (Å²) in [5.74, 6) is -0.352. The van der Waals surface area contributed by atoms with E-state index >= 15 is 0 Å². The quantitative estimate of drug-likeness (QED) is 0.244. The number of benzene rings is 2. The molecule has 3 aromatic rings. The molecule has 0 aliphatic carbocycles. The molecule has 0 fully saturated rings. The Balaban J connectivity index is 1.51. The minimum Gasteiger partial charge on any atom is -0.462 e. The summed E-state index contributed by atoms with van der Waals surface area (Å²) in [5, 5.41) is 8.49. The summed E-state index contributed by atoms with van der Waals surface area (Å²) < 4.78 is 5.05. The van der Waals surface area contributed by atoms with Crippen LogP contribution in [0.1, 0.15) is 34.8 Å². The van der Waals surface area contributed by atoms with Gasteiger partial charge in [-0.2, -0.15) is 5.10 Å². The minimum absolute atomic E-state index is 0.339. The summed E-state index contributed by atoms with van der Waals surface area (Å²) in [5.41, 5.74) is 7.60. The number of esters is 1. The second kappa shape index (κ2) is 8.26. The van der Waals surface area contributed by atoms with Gasteiger partial charge in [-0.25, -0.2) is 9.78 Å². The third-order valence-electron chi connectivity index (χ3n) is 4.35. The van der Waals surface area contributed by atoms with E-state index in [1.165, 1.54) is 21.1 Å². The number of hydrazone groups is 1. The predicted molar refractivity (Wildman–Crippen MR) is 119 cm³/mol. The van der Waals surface area contributed by atoms with E-state index in [-0.39, 0.29) is 5.97 Å². The first-order chi connectivity index (χ1) is 14.0. The van der Waals surface area contributed by atoms with Crippen LogP contribution >= 0.6 is 23.1 Å². The van der Waals surface area contributed by atoms with Crippen LogP contribution in [0.4, 0.5) is 16.5 Å². The van der Waals surface area contributed by atoms with Crippen molar-refractivity contribution in [3.8, 4) is 0 Å². The van der Waals surface area contributed by atoms with Crippen LogP contribution in [-0.2, 0) is 4.74 Å². The Hall–Kier alpha value is -2.84. The van der Waals surface area contributed by atoms with E-state index in [9.17, 15) is 4.79 Å². The zero-order valence-corrected chi connectivity index (χ0v) is 17.9. The summed E-state index contributed by atoms with van der Waals surface area (Å²) in [6.45, 7) is 5.84. The van der Waals surface area contributed by atoms with Crippen LogP contribution in [0.2, 0.25) is 0 Å². The fourth-order valence-electron chi connectivity index (χ4n) is 2.89. The van der Waals surface area contributed by atoms with Crippen molar-refractivity contribution in [3.63, 3.8) is 0 Å². The van der Waals surface area contributed by atoms with Gasteiger partial charge in [0.25, 0.3) is 0 Å². The van der Waals surface area contributed by atoms with Crippen molar-refractivity contribution >= 4 is 51.3 Å². The van der Waals surface area contributed by atoms with Crippen molar-refractivity contribution in [3.05, 3.63) is 58.6 Å². The molecule has 1 aliphatic heterocycles. The molecule has 148 valence electrons. The largest absolute Gasteiger partial charge is 0.462 e. The number of rotatable bonds is 5. The predicted octanol–water partition coefficient (Wildman–Crippen LogP) is 5.67. The van der Waals surface area contributed by atoms with Gasteiger partial charge in [-0.15, -0.1) is 0 Å². The highest BCUT2D eigenvalue weighted by molar-refractivity contribution is 7.99. The van der Waals surface area contributed by atoms with E-state index in [0.717, 1.165) is 22.6 Å². The number of nitrogens with zero attached hydrogens (tertiary/aromatic N) is 2. The van der Waals surface area contributed by atoms with Gasteiger partial charge < -0.3 is 10.1 Å². The topological polar surface area (TPSA) is 75.6 Å². The first-order valence-corrected chi connectivity index (χ1v) is 10.8. The van der Waals surface area contributed by atoms with Crippen molar-refractivity contribution in [2.75, 3.05) is 17.3 Å². The fourth-order valence-corrected chi connectivity index (χ4v) is 4.66. The summed E-state index contributed by atoms with van der Waals surface area (Å²) in [7, 11) is 0. The van der Waals surface area contributed by atoms with Gasteiger partial charge in [0.15, 0.2) is 0 Å². The number of thiazole rings is 1. The molecule has 1 aliphatic rings. The second-order valence-electron chi connectivity index (χ2n) is 6.40. The number of nitrogens with one attached hydrogen (secondary N) is 2. The molecule has 0 radical (unpaired) electrons. The van der Waals surface area contributed by atoms with E-state index in [0.29, 0.717) is 22.3 Å². The normalized spacial score (nSPS) is 12.6. The molecule has 4 rings (SSSR count). The van der Waals surface area contributed by atoms with Crippen molar-refractivity contribution < 1.29 is 9.53 Å². The van der Waals surface area contributed by atoms with Crippen molar-refractivity contribution in [2.24, 2.45) is 5.10 Å². The van der Waals surface area contributed by atoms with E-state index in [2.05, 4.69) is 51.2 Å². The summed E-state index contributed by atoms with van der Waals surface area (Å²) >= 11 is 2.99. The number of para-hydroxylation sites is 1. The molecule has 0 saturated carbocycles. The molecule has 8 heteroatoms. The van der Waals surface area contributed by atoms with Gasteiger partial charge in [-0.1, -0.05) is 41.3 Å². The van der Waals surface area contributed by atoms with Gasteiger partial charge in [-0.05, 0) is 50.6 Å². The van der Waals surface area contributed by atoms with Crippen LogP contribution in [0.25, 0.3) is 0 Å². The Morgan fingerprint density at radius 3 is 2.83 bits per heavy atom. The van der Waals surface area contributed by atoms with Gasteiger partial charge in [-0.3, -0.25) is 5.43 Å². The van der Waals surface area contributed by atoms with Gasteiger partial charge in [0, 0.05) is 9.79 Å². The maximum Gasteiger partial charge on any atom is 0.350 e. The number of aromatic nitrogens is 1. The molecule has 0 atom stereocenters. The Bertz CT molecular complexity index is 1110. The smallest absolute Gasteiger partial charge is 0.350 e. The Kier molecular flexibility index (Phi) is 5.55. The van der Waals surface area contributed by atoms with E-state index in [1.807, 2.05) is 19.1 Å². The first-order valence-electron chi connectivity index (χ1n) is 9.18. The van der Waals surface area contributed by atoms with Crippen molar-refractivity contribution in [1.82, 2.24) is 4.98 Å². The number of ether oxygens (including phenoxy) is 1. The van der Waals surface area contributed by atoms with E-state index < -0.39 is 0 Å². The lowest BCUT2D eigenvalue weighted by Crippen LogP contribution is -2.04. The molecule has 0 unspecified atom stereocenters. The molecule has 2 aromatic carbocycles. The highest BCUT2D eigenvalue weighted by Crippen LogP contribution is 2.44. The van der Waals surface area contributed by atoms with Crippen LogP contribution < -0.4 is 10.7 Å². The second-order valence-corrected chi connectivity index (χ2v) is 8.48. The Labute approximate surface area is 177 Å². The van der Waals surface area contributed by atoms with Crippen molar-refractivity contribution in [2.45, 2.75) is 30.6 Å². The lowest BCUT2D eigenvalue weighted by atomic mass is 10.1. The lowest BCUT2D eigenvalue weighted by Gasteiger charge is -2.21. The monoisotopic (exact) mass is 424 g/mol. The van der Waals surface area contributed by atoms with Crippen LogP contribution in [0, 0.1) is 6.92 Å². The number of fused-ring (bicyclic) bond motifs is 2. The van der Waals surface area contributed by atoms with Crippen LogP contribution in [0.3, 0.4) is 0 Å². The molecule has 2 heterocycles. The number of carbonyl (C=O) groups excluding carboxylic acids is 1. The van der Waals surface area contributed by atoms with E-state index in [4.69, 9.17) is 4.74 Å². The molecule has 1 aromatic heterocycles. The highest BCUT2D eigenvalue weighted by atomic mass is 32.2. The highest BCUT2D eigenvalue weighted by Gasteiger charge is 2.17. The van der Waals surface area contributed by atoms with Gasteiger partial charge >= 0.3 is 5.97 Å². The molecular formula is C21H20N4O2S2. The van der Waals surface area contributed by atoms with Gasteiger partial charge in [0.05, 0.1) is 29.4 Å². The fraction of sp³-hybridized carbons (Fsp3) is 0.190. The number of carbonyl (C=O) groups is 1. The minimum atomic E-state index is -0.352. The lowest BCUT2D eigenvalue weighted by molar-refractivity contribution is 0.0531.